The Kier molecular flexibility index (Phi) is 4.31. The van der Waals surface area contributed by atoms with E-state index in [4.69, 9.17) is 0 Å². The molecule has 4 N–H and O–H groups in total. The Morgan fingerprint density at radius 2 is 2.07 bits per heavy atom. The molecule has 0 aliphatic carbocycles. The number of imide groups is 1. The number of carbonyl (C=O) groups excluding carboxylic acids is 3. The number of amides is 3. The molecular weight excluding hydrogens is 372 g/mol. The third kappa shape index (κ3) is 3.07. The van der Waals surface area contributed by atoms with E-state index in [0.717, 1.165) is 35.6 Å². The van der Waals surface area contributed by atoms with E-state index in [0.29, 0.717) is 31.0 Å². The average molecular weight is 394 g/mol. The van der Waals surface area contributed by atoms with Gasteiger partial charge in [0.15, 0.2) is 0 Å². The molecule has 0 saturated carbocycles. The molecule has 3 amide bonds. The fourth-order valence-corrected chi connectivity index (χ4v) is 4.25. The highest BCUT2D eigenvalue weighted by Gasteiger charge is 2.39. The van der Waals surface area contributed by atoms with Crippen LogP contribution >= 0.6 is 0 Å². The van der Waals surface area contributed by atoms with Crippen LogP contribution in [0.15, 0.2) is 24.4 Å². The highest BCUT2D eigenvalue weighted by Crippen LogP contribution is 2.31. The minimum Gasteiger partial charge on any atom is -0.366 e. The van der Waals surface area contributed by atoms with Gasteiger partial charge in [-0.05, 0) is 23.6 Å². The molecule has 29 heavy (non-hydrogen) atoms. The van der Waals surface area contributed by atoms with Gasteiger partial charge in [-0.1, -0.05) is 12.1 Å². The molecule has 9 heteroatoms. The van der Waals surface area contributed by atoms with Gasteiger partial charge in [-0.15, -0.1) is 0 Å². The number of aromatic amines is 1. The summed E-state index contributed by atoms with van der Waals surface area (Å²) in [5.74, 6) is 0.539. The molecule has 0 radical (unpaired) electrons. The van der Waals surface area contributed by atoms with Gasteiger partial charge in [-0.3, -0.25) is 24.8 Å². The smallest absolute Gasteiger partial charge is 0.255 e. The molecule has 1 atom stereocenters. The molecule has 1 unspecified atom stereocenters. The maximum atomic E-state index is 12.9. The van der Waals surface area contributed by atoms with Crippen LogP contribution in [0.25, 0.3) is 0 Å². The number of anilines is 1. The molecule has 0 bridgehead atoms. The molecule has 2 aromatic rings. The number of aromatic nitrogens is 2. The van der Waals surface area contributed by atoms with Crippen molar-refractivity contribution in [3.63, 3.8) is 0 Å². The molecule has 1 aromatic carbocycles. The molecule has 4 heterocycles. The van der Waals surface area contributed by atoms with Crippen LogP contribution < -0.4 is 16.0 Å². The summed E-state index contributed by atoms with van der Waals surface area (Å²) >= 11 is 0. The van der Waals surface area contributed by atoms with E-state index in [-0.39, 0.29) is 18.2 Å². The molecule has 2 saturated heterocycles. The predicted molar refractivity (Wildman–Crippen MR) is 104 cm³/mol. The summed E-state index contributed by atoms with van der Waals surface area (Å²) in [5, 5.41) is 16.2. The van der Waals surface area contributed by atoms with E-state index in [2.05, 4.69) is 26.1 Å². The molecular formula is C20H22N6O3. The molecule has 2 fully saturated rings. The van der Waals surface area contributed by atoms with Crippen molar-refractivity contribution < 1.29 is 14.4 Å². The number of hydrogen-bond acceptors (Lipinski definition) is 6. The first-order valence-corrected chi connectivity index (χ1v) is 9.85. The number of nitrogens with zero attached hydrogens (tertiary/aromatic N) is 2. The number of fused-ring (bicyclic) bond motifs is 1. The maximum absolute atomic E-state index is 12.9. The lowest BCUT2D eigenvalue weighted by Crippen LogP contribution is -2.52. The maximum Gasteiger partial charge on any atom is 0.255 e. The second-order valence-electron chi connectivity index (χ2n) is 7.75. The largest absolute Gasteiger partial charge is 0.366 e. The Bertz CT molecular complexity index is 996. The van der Waals surface area contributed by atoms with Gasteiger partial charge >= 0.3 is 0 Å². The predicted octanol–water partition coefficient (Wildman–Crippen LogP) is 0.470. The van der Waals surface area contributed by atoms with E-state index in [1.54, 1.807) is 11.0 Å². The quantitative estimate of drug-likeness (QED) is 0.548. The van der Waals surface area contributed by atoms with Crippen molar-refractivity contribution in [2.24, 2.45) is 0 Å². The third-order valence-electron chi connectivity index (χ3n) is 6.02. The number of rotatable bonds is 5. The summed E-state index contributed by atoms with van der Waals surface area (Å²) in [4.78, 5) is 38.2. The van der Waals surface area contributed by atoms with E-state index < -0.39 is 11.9 Å². The topological polar surface area (TPSA) is 119 Å². The van der Waals surface area contributed by atoms with Gasteiger partial charge in [0, 0.05) is 49.6 Å². The Balaban J connectivity index is 1.34. The zero-order chi connectivity index (χ0) is 20.0. The van der Waals surface area contributed by atoms with Gasteiger partial charge in [-0.25, -0.2) is 0 Å². The standard InChI is InChI=1S/C20H22N6O3/c27-17-5-4-16(19(28)24-17)26-10-15-11(2-1-3-13(15)20(26)29)8-22-18-14(9-23-25-18)12-6-21-7-12/h1-3,9,12,16,21H,4-8,10H2,(H2,22,23,25)(H,24,27,28). The van der Waals surface area contributed by atoms with Gasteiger partial charge in [0.2, 0.25) is 11.8 Å². The van der Waals surface area contributed by atoms with Crippen molar-refractivity contribution >= 4 is 23.5 Å². The summed E-state index contributed by atoms with van der Waals surface area (Å²) in [6.45, 7) is 2.82. The summed E-state index contributed by atoms with van der Waals surface area (Å²) in [6, 6.07) is 5.06. The van der Waals surface area contributed by atoms with Crippen LogP contribution in [0.3, 0.4) is 0 Å². The SMILES string of the molecule is O=C1CCC(N2Cc3c(CNc4[nH]ncc4C4CNC4)cccc3C2=O)C(=O)N1. The number of piperidine rings is 1. The van der Waals surface area contributed by atoms with Crippen LogP contribution in [0.4, 0.5) is 5.82 Å². The van der Waals surface area contributed by atoms with Crippen molar-refractivity contribution in [3.05, 3.63) is 46.6 Å². The molecule has 9 nitrogen and oxygen atoms in total. The molecule has 3 aliphatic rings. The Hall–Kier alpha value is -3.20. The van der Waals surface area contributed by atoms with E-state index in [1.165, 1.54) is 0 Å². The first-order valence-electron chi connectivity index (χ1n) is 9.85. The Labute approximate surface area is 167 Å². The van der Waals surface area contributed by atoms with Crippen molar-refractivity contribution in [2.45, 2.75) is 37.9 Å². The number of hydrogen-bond donors (Lipinski definition) is 4. The van der Waals surface area contributed by atoms with Gasteiger partial charge in [0.05, 0.1) is 6.20 Å². The number of carbonyl (C=O) groups is 3. The molecule has 3 aliphatic heterocycles. The van der Waals surface area contributed by atoms with Gasteiger partial charge < -0.3 is 15.5 Å². The number of H-pyrrole nitrogens is 1. The van der Waals surface area contributed by atoms with Crippen LogP contribution in [0, 0.1) is 0 Å². The van der Waals surface area contributed by atoms with Crippen LogP contribution in [0.5, 0.6) is 0 Å². The summed E-state index contributed by atoms with van der Waals surface area (Å²) in [5.41, 5.74) is 3.73. The lowest BCUT2D eigenvalue weighted by Gasteiger charge is -2.29. The second kappa shape index (κ2) is 7.00. The highest BCUT2D eigenvalue weighted by molar-refractivity contribution is 6.05. The van der Waals surface area contributed by atoms with Crippen molar-refractivity contribution in [2.75, 3.05) is 18.4 Å². The monoisotopic (exact) mass is 394 g/mol. The van der Waals surface area contributed by atoms with Crippen LogP contribution in [-0.2, 0) is 22.7 Å². The molecule has 5 rings (SSSR count). The molecule has 150 valence electrons. The van der Waals surface area contributed by atoms with Gasteiger partial charge in [-0.2, -0.15) is 5.10 Å². The lowest BCUT2D eigenvalue weighted by atomic mass is 9.96. The zero-order valence-corrected chi connectivity index (χ0v) is 15.8. The van der Waals surface area contributed by atoms with Gasteiger partial charge in [0.25, 0.3) is 5.91 Å². The average Bonchev–Trinajstić information content (AvgIpc) is 3.24. The van der Waals surface area contributed by atoms with Crippen molar-refractivity contribution in [1.29, 1.82) is 0 Å². The third-order valence-corrected chi connectivity index (χ3v) is 6.02. The fourth-order valence-electron chi connectivity index (χ4n) is 4.25. The first kappa shape index (κ1) is 17.9. The minimum absolute atomic E-state index is 0.154. The van der Waals surface area contributed by atoms with E-state index >= 15 is 0 Å². The lowest BCUT2D eigenvalue weighted by molar-refractivity contribution is -0.136. The Morgan fingerprint density at radius 1 is 1.21 bits per heavy atom. The molecule has 0 spiro atoms. The normalized spacial score (nSPS) is 21.7. The fraction of sp³-hybridized carbons (Fsp3) is 0.400. The summed E-state index contributed by atoms with van der Waals surface area (Å²) in [6.07, 6.45) is 2.48. The van der Waals surface area contributed by atoms with Crippen molar-refractivity contribution in [3.8, 4) is 0 Å². The molecule has 1 aromatic heterocycles. The highest BCUT2D eigenvalue weighted by atomic mass is 16.2. The minimum atomic E-state index is -0.598. The Morgan fingerprint density at radius 3 is 2.83 bits per heavy atom. The summed E-state index contributed by atoms with van der Waals surface area (Å²) in [7, 11) is 0. The number of benzene rings is 1. The zero-order valence-electron chi connectivity index (χ0n) is 15.8. The van der Waals surface area contributed by atoms with E-state index in [9.17, 15) is 14.4 Å². The number of nitrogens with one attached hydrogen (secondary N) is 4. The summed E-state index contributed by atoms with van der Waals surface area (Å²) < 4.78 is 0. The van der Waals surface area contributed by atoms with Crippen molar-refractivity contribution in [1.82, 2.24) is 25.7 Å². The van der Waals surface area contributed by atoms with Gasteiger partial charge in [0.1, 0.15) is 11.9 Å². The van der Waals surface area contributed by atoms with Crippen LogP contribution in [-0.4, -0.2) is 52.0 Å². The second-order valence-corrected chi connectivity index (χ2v) is 7.75. The van der Waals surface area contributed by atoms with Crippen LogP contribution in [0.1, 0.15) is 45.8 Å². The van der Waals surface area contributed by atoms with E-state index in [1.807, 2.05) is 18.3 Å². The van der Waals surface area contributed by atoms with Crippen LogP contribution in [0.2, 0.25) is 0 Å². The first-order chi connectivity index (χ1) is 14.1.